The molecule has 0 aromatic heterocycles. The summed E-state index contributed by atoms with van der Waals surface area (Å²) < 4.78 is 0. The molecule has 5 N–H and O–H groups in total. The molecule has 3 amide bonds. The van der Waals surface area contributed by atoms with Gasteiger partial charge in [-0.15, -0.1) is 0 Å². The second kappa shape index (κ2) is 13.2. The minimum absolute atomic E-state index is 0.0901. The van der Waals surface area contributed by atoms with Crippen molar-refractivity contribution in [1.29, 1.82) is 0 Å². The highest BCUT2D eigenvalue weighted by Crippen LogP contribution is 2.25. The summed E-state index contributed by atoms with van der Waals surface area (Å²) in [6.07, 6.45) is 8.84. The normalized spacial score (nSPS) is 15.3. The molecule has 1 aromatic carbocycles. The van der Waals surface area contributed by atoms with E-state index < -0.39 is 0 Å². The number of nitrogens with one attached hydrogen (secondary N) is 3. The van der Waals surface area contributed by atoms with E-state index in [1.807, 2.05) is 19.1 Å². The van der Waals surface area contributed by atoms with Crippen LogP contribution in [0.15, 0.2) is 18.2 Å². The molecule has 7 nitrogen and oxygen atoms in total. The quantitative estimate of drug-likeness (QED) is 0.342. The minimum atomic E-state index is -0.216. The number of carbonyl (C=O) groups excluding carboxylic acids is 2. The molecule has 0 bridgehead atoms. The topological polar surface area (TPSA) is 101 Å². The first kappa shape index (κ1) is 26.7. The average molecular weight is 459 g/mol. The highest BCUT2D eigenvalue weighted by atomic mass is 16.2. The minimum Gasteiger partial charge on any atom is -0.338 e. The molecule has 0 saturated carbocycles. The van der Waals surface area contributed by atoms with Gasteiger partial charge in [-0.05, 0) is 55.7 Å². The van der Waals surface area contributed by atoms with Gasteiger partial charge < -0.3 is 10.6 Å². The van der Waals surface area contributed by atoms with Crippen molar-refractivity contribution < 1.29 is 14.6 Å². The maximum Gasteiger partial charge on any atom is 0.351 e. The average Bonchev–Trinajstić information content (AvgIpc) is 2.79. The van der Waals surface area contributed by atoms with Crippen LogP contribution in [0.1, 0.15) is 95.2 Å². The van der Waals surface area contributed by atoms with Crippen molar-refractivity contribution >= 4 is 17.9 Å². The third-order valence-electron chi connectivity index (χ3n) is 6.50. The molecule has 1 heterocycles. The summed E-state index contributed by atoms with van der Waals surface area (Å²) in [5.74, 6) is 0.555. The molecule has 1 aromatic rings. The number of benzene rings is 1. The smallest absolute Gasteiger partial charge is 0.338 e. The molecule has 0 spiro atoms. The Hall–Kier alpha value is -2.57. The van der Waals surface area contributed by atoms with Crippen LogP contribution < -0.4 is 21.4 Å². The van der Waals surface area contributed by atoms with Gasteiger partial charge in [0.25, 0.3) is 5.91 Å². The van der Waals surface area contributed by atoms with Crippen LogP contribution in [0.2, 0.25) is 0 Å². The van der Waals surface area contributed by atoms with E-state index in [0.29, 0.717) is 32.0 Å². The van der Waals surface area contributed by atoms with Gasteiger partial charge >= 0.3 is 12.0 Å². The lowest BCUT2D eigenvalue weighted by atomic mass is 9.83. The Morgan fingerprint density at radius 2 is 1.76 bits per heavy atom. The number of rotatable bonds is 13. The van der Waals surface area contributed by atoms with Crippen molar-refractivity contribution in [2.24, 2.45) is 5.73 Å². The molecule has 0 unspecified atom stereocenters. The lowest BCUT2D eigenvalue weighted by Gasteiger charge is -2.34. The summed E-state index contributed by atoms with van der Waals surface area (Å²) in [6.45, 7) is 10.1. The van der Waals surface area contributed by atoms with Crippen LogP contribution in [0.5, 0.6) is 0 Å². The van der Waals surface area contributed by atoms with Gasteiger partial charge in [0.2, 0.25) is 0 Å². The Morgan fingerprint density at radius 3 is 2.33 bits per heavy atom. The summed E-state index contributed by atoms with van der Waals surface area (Å²) >= 11 is 0. The number of nitrogens with zero attached hydrogens (tertiary/aromatic N) is 1. The molecule has 33 heavy (non-hydrogen) atoms. The first-order valence-corrected chi connectivity index (χ1v) is 12.6. The van der Waals surface area contributed by atoms with E-state index in [9.17, 15) is 9.59 Å². The highest BCUT2D eigenvalue weighted by Gasteiger charge is 2.42. The molecule has 7 heteroatoms. The molecule has 0 radical (unpaired) electrons. The summed E-state index contributed by atoms with van der Waals surface area (Å²) in [7, 11) is 0. The Labute approximate surface area is 199 Å². The fourth-order valence-corrected chi connectivity index (χ4v) is 4.37. The van der Waals surface area contributed by atoms with Crippen LogP contribution in [0, 0.1) is 6.92 Å². The SMILES string of the molecule is CCCCNC(=O)NCc1ccc(CN2C(=O)CC(CCCC)(CCCC)[NH+]=C2N)c(C)c1. The van der Waals surface area contributed by atoms with Crippen LogP contribution in [0.3, 0.4) is 0 Å². The van der Waals surface area contributed by atoms with Crippen LogP contribution in [-0.2, 0) is 17.9 Å². The van der Waals surface area contributed by atoms with Crippen molar-refractivity contribution in [2.45, 2.75) is 104 Å². The predicted octanol–water partition coefficient (Wildman–Crippen LogP) is 2.84. The molecule has 0 atom stereocenters. The zero-order valence-corrected chi connectivity index (χ0v) is 21.1. The van der Waals surface area contributed by atoms with Crippen LogP contribution in [0.4, 0.5) is 4.79 Å². The van der Waals surface area contributed by atoms with Gasteiger partial charge in [0, 0.05) is 13.1 Å². The van der Waals surface area contributed by atoms with Crippen molar-refractivity contribution in [1.82, 2.24) is 15.5 Å². The Morgan fingerprint density at radius 1 is 1.09 bits per heavy atom. The van der Waals surface area contributed by atoms with E-state index in [1.165, 1.54) is 0 Å². The van der Waals surface area contributed by atoms with Crippen LogP contribution in [-0.4, -0.2) is 34.9 Å². The second-order valence-corrected chi connectivity index (χ2v) is 9.38. The number of hydrogen-bond acceptors (Lipinski definition) is 3. The van der Waals surface area contributed by atoms with Gasteiger partial charge in [-0.2, -0.15) is 4.90 Å². The largest absolute Gasteiger partial charge is 0.351 e. The maximum absolute atomic E-state index is 13.1. The molecule has 0 saturated heterocycles. The highest BCUT2D eigenvalue weighted by molar-refractivity contribution is 5.95. The number of nitrogens with two attached hydrogens (primary N) is 1. The van der Waals surface area contributed by atoms with E-state index in [2.05, 4.69) is 42.5 Å². The van der Waals surface area contributed by atoms with Gasteiger partial charge in [0.1, 0.15) is 6.54 Å². The summed E-state index contributed by atoms with van der Waals surface area (Å²) in [6, 6.07) is 5.94. The zero-order chi connectivity index (χ0) is 24.3. The van der Waals surface area contributed by atoms with Crippen LogP contribution in [0.25, 0.3) is 0 Å². The maximum atomic E-state index is 13.1. The van der Waals surface area contributed by atoms with Gasteiger partial charge in [-0.3, -0.25) is 15.5 Å². The molecule has 184 valence electrons. The predicted molar refractivity (Wildman–Crippen MR) is 133 cm³/mol. The number of guanidine groups is 1. The lowest BCUT2D eigenvalue weighted by molar-refractivity contribution is -0.566. The number of unbranched alkanes of at least 4 members (excludes halogenated alkanes) is 3. The zero-order valence-electron chi connectivity index (χ0n) is 21.1. The van der Waals surface area contributed by atoms with E-state index in [-0.39, 0.29) is 17.5 Å². The molecular formula is C26H44N5O2+. The number of aryl methyl sites for hydroxylation is 1. The standard InChI is InChI=1S/C26H43N5O2/c1-5-8-13-26(14-9-6-2)17-23(32)31(24(27)30-26)19-22-12-11-21(16-20(22)4)18-29-25(33)28-15-10-7-3/h11-12,16H,5-10,13-15,17-19H2,1-4H3,(H2,27,30)(H2,28,29,33)/p+1. The van der Waals surface area contributed by atoms with E-state index in [4.69, 9.17) is 5.73 Å². The van der Waals surface area contributed by atoms with Crippen LogP contribution >= 0.6 is 0 Å². The third kappa shape index (κ3) is 8.06. The number of hydrogen-bond donors (Lipinski definition) is 4. The molecule has 0 aliphatic carbocycles. The van der Waals surface area contributed by atoms with Crippen molar-refractivity contribution in [3.8, 4) is 0 Å². The summed E-state index contributed by atoms with van der Waals surface area (Å²) in [4.78, 5) is 30.2. The van der Waals surface area contributed by atoms with Crippen molar-refractivity contribution in [2.75, 3.05) is 6.54 Å². The van der Waals surface area contributed by atoms with E-state index in [1.54, 1.807) is 4.90 Å². The first-order valence-electron chi connectivity index (χ1n) is 12.6. The Kier molecular flexibility index (Phi) is 10.7. The van der Waals surface area contributed by atoms with Gasteiger partial charge in [0.15, 0.2) is 0 Å². The molecule has 1 aliphatic heterocycles. The van der Waals surface area contributed by atoms with Crippen molar-refractivity contribution in [3.05, 3.63) is 34.9 Å². The monoisotopic (exact) mass is 458 g/mol. The molecular weight excluding hydrogens is 414 g/mol. The van der Waals surface area contributed by atoms with Gasteiger partial charge in [0.05, 0.1) is 12.0 Å². The van der Waals surface area contributed by atoms with E-state index >= 15 is 0 Å². The Balaban J connectivity index is 2.04. The summed E-state index contributed by atoms with van der Waals surface area (Å²) in [5.41, 5.74) is 9.35. The molecule has 2 rings (SSSR count). The van der Waals surface area contributed by atoms with Crippen molar-refractivity contribution in [3.63, 3.8) is 0 Å². The van der Waals surface area contributed by atoms with Gasteiger partial charge in [-0.1, -0.05) is 58.2 Å². The molecule has 0 fully saturated rings. The summed E-state index contributed by atoms with van der Waals surface area (Å²) in [5, 5.41) is 5.75. The lowest BCUT2D eigenvalue weighted by Crippen LogP contribution is -2.94. The Bertz CT molecular complexity index is 813. The number of carbonyl (C=O) groups is 2. The first-order chi connectivity index (χ1) is 15.8. The number of urea groups is 1. The fraction of sp³-hybridized carbons (Fsp3) is 0.654. The fourth-order valence-electron chi connectivity index (χ4n) is 4.37. The third-order valence-corrected chi connectivity index (χ3v) is 6.50. The number of amides is 3. The van der Waals surface area contributed by atoms with Gasteiger partial charge in [-0.25, -0.2) is 4.79 Å². The second-order valence-electron chi connectivity index (χ2n) is 9.38. The van der Waals surface area contributed by atoms with E-state index in [0.717, 1.165) is 68.1 Å². The molecule has 1 aliphatic rings.